The summed E-state index contributed by atoms with van der Waals surface area (Å²) in [6.45, 7) is 2.03. The molecule has 2 heteroatoms. The first-order valence-corrected chi connectivity index (χ1v) is 4.50. The standard InChI is InChI=1S/C9H9IO/c1-7-3-2-4-8(5-7)6-9(10)11/h2-5H,6H2,1H3. The number of halogens is 1. The quantitative estimate of drug-likeness (QED) is 0.589. The molecule has 1 aromatic carbocycles. The lowest BCUT2D eigenvalue weighted by atomic mass is 10.1. The lowest BCUT2D eigenvalue weighted by molar-refractivity contribution is -0.108. The van der Waals surface area contributed by atoms with Crippen LogP contribution < -0.4 is 0 Å². The van der Waals surface area contributed by atoms with Crippen LogP contribution in [0.5, 0.6) is 0 Å². The first-order valence-electron chi connectivity index (χ1n) is 3.42. The highest BCUT2D eigenvalue weighted by molar-refractivity contribution is 14.1. The SMILES string of the molecule is Cc1cccc(CC(=O)I)c1. The highest BCUT2D eigenvalue weighted by Crippen LogP contribution is 2.06. The largest absolute Gasteiger partial charge is 0.287 e. The van der Waals surface area contributed by atoms with Crippen LogP contribution in [0.3, 0.4) is 0 Å². The van der Waals surface area contributed by atoms with E-state index in [1.54, 1.807) is 0 Å². The number of carbonyl (C=O) groups excluding carboxylic acids is 1. The Balaban J connectivity index is 2.79. The summed E-state index contributed by atoms with van der Waals surface area (Å²) >= 11 is 1.82. The van der Waals surface area contributed by atoms with Crippen molar-refractivity contribution in [2.24, 2.45) is 0 Å². The van der Waals surface area contributed by atoms with Gasteiger partial charge in [-0.1, -0.05) is 29.8 Å². The van der Waals surface area contributed by atoms with E-state index in [1.807, 2.05) is 53.8 Å². The van der Waals surface area contributed by atoms with E-state index in [-0.39, 0.29) is 3.79 Å². The molecule has 0 N–H and O–H groups in total. The van der Waals surface area contributed by atoms with Crippen LogP contribution in [0.4, 0.5) is 0 Å². The number of carbonyl (C=O) groups is 1. The molecular weight excluding hydrogens is 251 g/mol. The Bertz CT molecular complexity index is 268. The Labute approximate surface area is 79.9 Å². The molecule has 0 radical (unpaired) electrons. The minimum Gasteiger partial charge on any atom is -0.287 e. The summed E-state index contributed by atoms with van der Waals surface area (Å²) in [7, 11) is 0. The first-order chi connectivity index (χ1) is 5.18. The molecule has 1 nitrogen and oxygen atoms in total. The average molecular weight is 260 g/mol. The molecule has 58 valence electrons. The molecule has 1 rings (SSSR count). The Kier molecular flexibility index (Phi) is 3.05. The highest BCUT2D eigenvalue weighted by Gasteiger charge is 1.97. The summed E-state index contributed by atoms with van der Waals surface area (Å²) < 4.78 is 0.188. The lowest BCUT2D eigenvalue weighted by Gasteiger charge is -1.96. The van der Waals surface area contributed by atoms with Crippen molar-refractivity contribution in [1.29, 1.82) is 0 Å². The maximum absolute atomic E-state index is 10.7. The second-order valence-corrected chi connectivity index (χ2v) is 3.72. The van der Waals surface area contributed by atoms with Crippen LogP contribution in [-0.2, 0) is 11.2 Å². The fourth-order valence-electron chi connectivity index (χ4n) is 0.983. The van der Waals surface area contributed by atoms with Gasteiger partial charge in [0.2, 0.25) is 0 Å². The minimum atomic E-state index is 0.188. The molecule has 0 aliphatic carbocycles. The second kappa shape index (κ2) is 3.85. The fraction of sp³-hybridized carbons (Fsp3) is 0.222. The molecule has 0 aliphatic heterocycles. The first kappa shape index (κ1) is 8.71. The van der Waals surface area contributed by atoms with Gasteiger partial charge in [0, 0.05) is 6.42 Å². The van der Waals surface area contributed by atoms with Gasteiger partial charge in [-0.3, -0.25) is 4.79 Å². The van der Waals surface area contributed by atoms with E-state index in [9.17, 15) is 4.79 Å². The number of benzene rings is 1. The molecule has 0 spiro atoms. The van der Waals surface area contributed by atoms with Gasteiger partial charge in [-0.25, -0.2) is 0 Å². The van der Waals surface area contributed by atoms with E-state index in [2.05, 4.69) is 0 Å². The normalized spacial score (nSPS) is 9.64. The summed E-state index contributed by atoms with van der Waals surface area (Å²) in [4.78, 5) is 10.7. The smallest absolute Gasteiger partial charge is 0.196 e. The molecule has 0 heterocycles. The molecule has 0 bridgehead atoms. The van der Waals surface area contributed by atoms with Crippen molar-refractivity contribution in [2.45, 2.75) is 13.3 Å². The average Bonchev–Trinajstić information content (AvgIpc) is 1.85. The minimum absolute atomic E-state index is 0.188. The van der Waals surface area contributed by atoms with Crippen molar-refractivity contribution < 1.29 is 4.79 Å². The van der Waals surface area contributed by atoms with Gasteiger partial charge >= 0.3 is 0 Å². The van der Waals surface area contributed by atoms with Crippen molar-refractivity contribution in [3.8, 4) is 0 Å². The molecule has 1 aromatic rings. The molecule has 11 heavy (non-hydrogen) atoms. The van der Waals surface area contributed by atoms with Crippen LogP contribution in [0.1, 0.15) is 11.1 Å². The molecule has 0 aromatic heterocycles. The third kappa shape index (κ3) is 3.01. The molecule has 0 saturated carbocycles. The fourth-order valence-corrected chi connectivity index (χ4v) is 1.42. The van der Waals surface area contributed by atoms with E-state index in [0.717, 1.165) is 5.56 Å². The van der Waals surface area contributed by atoms with Gasteiger partial charge < -0.3 is 0 Å². The van der Waals surface area contributed by atoms with Crippen LogP contribution >= 0.6 is 22.6 Å². The van der Waals surface area contributed by atoms with Crippen LogP contribution in [0.2, 0.25) is 0 Å². The Morgan fingerprint density at radius 1 is 1.55 bits per heavy atom. The van der Waals surface area contributed by atoms with Crippen LogP contribution in [0.25, 0.3) is 0 Å². The molecule has 0 amide bonds. The molecule has 0 saturated heterocycles. The topological polar surface area (TPSA) is 17.1 Å². The van der Waals surface area contributed by atoms with Crippen molar-refractivity contribution in [3.05, 3.63) is 35.4 Å². The van der Waals surface area contributed by atoms with E-state index < -0.39 is 0 Å². The Morgan fingerprint density at radius 3 is 2.82 bits per heavy atom. The van der Waals surface area contributed by atoms with Gasteiger partial charge in [-0.15, -0.1) is 0 Å². The van der Waals surface area contributed by atoms with Crippen molar-refractivity contribution in [1.82, 2.24) is 0 Å². The van der Waals surface area contributed by atoms with Gasteiger partial charge in [0.15, 0.2) is 3.79 Å². The summed E-state index contributed by atoms with van der Waals surface area (Å²) in [5.74, 6) is 0. The van der Waals surface area contributed by atoms with Crippen molar-refractivity contribution in [2.75, 3.05) is 0 Å². The Morgan fingerprint density at radius 2 is 2.27 bits per heavy atom. The molecule has 0 aliphatic rings. The van der Waals surface area contributed by atoms with Gasteiger partial charge in [-0.2, -0.15) is 0 Å². The van der Waals surface area contributed by atoms with Crippen LogP contribution in [-0.4, -0.2) is 3.79 Å². The molecule has 0 fully saturated rings. The summed E-state index contributed by atoms with van der Waals surface area (Å²) in [5, 5.41) is 0. The number of hydrogen-bond donors (Lipinski definition) is 0. The summed E-state index contributed by atoms with van der Waals surface area (Å²) in [6.07, 6.45) is 0.544. The van der Waals surface area contributed by atoms with E-state index >= 15 is 0 Å². The van der Waals surface area contributed by atoms with Gasteiger partial charge in [0.1, 0.15) is 0 Å². The highest BCUT2D eigenvalue weighted by atomic mass is 127. The van der Waals surface area contributed by atoms with Crippen LogP contribution in [0, 0.1) is 6.92 Å². The lowest BCUT2D eigenvalue weighted by Crippen LogP contribution is -1.92. The molecule has 0 unspecified atom stereocenters. The zero-order valence-corrected chi connectivity index (χ0v) is 8.46. The predicted molar refractivity (Wildman–Crippen MR) is 53.9 cm³/mol. The molecular formula is C9H9IO. The van der Waals surface area contributed by atoms with Crippen LogP contribution in [0.15, 0.2) is 24.3 Å². The zero-order chi connectivity index (χ0) is 8.27. The van der Waals surface area contributed by atoms with Crippen molar-refractivity contribution >= 4 is 26.4 Å². The number of rotatable bonds is 2. The third-order valence-electron chi connectivity index (χ3n) is 1.43. The van der Waals surface area contributed by atoms with Gasteiger partial charge in [-0.05, 0) is 35.1 Å². The summed E-state index contributed by atoms with van der Waals surface area (Å²) in [5.41, 5.74) is 2.31. The zero-order valence-electron chi connectivity index (χ0n) is 6.30. The summed E-state index contributed by atoms with van der Waals surface area (Å²) in [6, 6.07) is 8.02. The van der Waals surface area contributed by atoms with E-state index in [1.165, 1.54) is 5.56 Å². The maximum atomic E-state index is 10.7. The van der Waals surface area contributed by atoms with E-state index in [4.69, 9.17) is 0 Å². The number of hydrogen-bond acceptors (Lipinski definition) is 1. The van der Waals surface area contributed by atoms with Gasteiger partial charge in [0.25, 0.3) is 0 Å². The second-order valence-electron chi connectivity index (χ2n) is 2.52. The molecule has 0 atom stereocenters. The number of aryl methyl sites for hydroxylation is 1. The maximum Gasteiger partial charge on any atom is 0.196 e. The van der Waals surface area contributed by atoms with Gasteiger partial charge in [0.05, 0.1) is 0 Å². The van der Waals surface area contributed by atoms with E-state index in [0.29, 0.717) is 6.42 Å². The van der Waals surface area contributed by atoms with Crippen molar-refractivity contribution in [3.63, 3.8) is 0 Å². The monoisotopic (exact) mass is 260 g/mol. The predicted octanol–water partition coefficient (Wildman–Crippen LogP) is 2.50. The Hall–Kier alpha value is -0.380. The third-order valence-corrected chi connectivity index (χ3v) is 1.81.